The third-order valence-corrected chi connectivity index (χ3v) is 3.22. The number of hydrogen-bond donors (Lipinski definition) is 1. The van der Waals surface area contributed by atoms with Crippen molar-refractivity contribution in [3.63, 3.8) is 0 Å². The van der Waals surface area contributed by atoms with Crippen LogP contribution in [-0.4, -0.2) is 0 Å². The Labute approximate surface area is 81.6 Å². The van der Waals surface area contributed by atoms with Crippen molar-refractivity contribution in [2.75, 3.05) is 0 Å². The van der Waals surface area contributed by atoms with Gasteiger partial charge in [-0.25, -0.2) is 0 Å². The normalized spacial score (nSPS) is 13.5. The summed E-state index contributed by atoms with van der Waals surface area (Å²) in [4.78, 5) is 0. The molecule has 1 aromatic carbocycles. The number of fused-ring (bicyclic) bond motifs is 1. The van der Waals surface area contributed by atoms with Gasteiger partial charge in [0.1, 0.15) is 0 Å². The van der Waals surface area contributed by atoms with Crippen LogP contribution in [0.4, 0.5) is 0 Å². The fourth-order valence-corrected chi connectivity index (χ4v) is 2.69. The van der Waals surface area contributed by atoms with Crippen molar-refractivity contribution < 1.29 is 0 Å². The lowest BCUT2D eigenvalue weighted by Crippen LogP contribution is -1.79. The molecule has 0 aliphatic carbocycles. The van der Waals surface area contributed by atoms with Gasteiger partial charge in [-0.2, -0.15) is 12.6 Å². The highest BCUT2D eigenvalue weighted by Crippen LogP contribution is 2.32. The predicted molar refractivity (Wildman–Crippen MR) is 59.2 cm³/mol. The minimum Gasteiger partial charge on any atom is -0.171 e. The van der Waals surface area contributed by atoms with Gasteiger partial charge in [-0.15, -0.1) is 11.3 Å². The minimum atomic E-state index is 0.334. The monoisotopic (exact) mass is 194 g/mol. The van der Waals surface area contributed by atoms with Crippen LogP contribution in [0, 0.1) is 0 Å². The Hall–Kier alpha value is -0.470. The van der Waals surface area contributed by atoms with Gasteiger partial charge in [0.2, 0.25) is 0 Å². The second-order valence-corrected chi connectivity index (χ2v) is 4.55. The van der Waals surface area contributed by atoms with Gasteiger partial charge in [-0.3, -0.25) is 0 Å². The smallest absolute Gasteiger partial charge is 0.0345 e. The van der Waals surface area contributed by atoms with E-state index in [2.05, 4.69) is 49.2 Å². The van der Waals surface area contributed by atoms with E-state index >= 15 is 0 Å². The highest BCUT2D eigenvalue weighted by atomic mass is 32.1. The topological polar surface area (TPSA) is 0 Å². The van der Waals surface area contributed by atoms with E-state index in [0.29, 0.717) is 5.25 Å². The lowest BCUT2D eigenvalue weighted by Gasteiger charge is -2.00. The molecule has 0 N–H and O–H groups in total. The first kappa shape index (κ1) is 8.14. The van der Waals surface area contributed by atoms with Crippen LogP contribution in [0.3, 0.4) is 0 Å². The van der Waals surface area contributed by atoms with E-state index in [4.69, 9.17) is 0 Å². The molecule has 1 aromatic heterocycles. The molecule has 2 rings (SSSR count). The van der Waals surface area contributed by atoms with Gasteiger partial charge in [0.05, 0.1) is 0 Å². The van der Waals surface area contributed by atoms with Crippen LogP contribution in [0.1, 0.15) is 17.7 Å². The van der Waals surface area contributed by atoms with E-state index in [-0.39, 0.29) is 0 Å². The molecule has 1 unspecified atom stereocenters. The van der Waals surface area contributed by atoms with Gasteiger partial charge in [0.25, 0.3) is 0 Å². The Morgan fingerprint density at radius 1 is 1.33 bits per heavy atom. The summed E-state index contributed by atoms with van der Waals surface area (Å²) < 4.78 is 1.36. The summed E-state index contributed by atoms with van der Waals surface area (Å²) in [6.45, 7) is 2.11. The summed E-state index contributed by atoms with van der Waals surface area (Å²) in [6.07, 6.45) is 0. The molecular formula is C10H10S2. The highest BCUT2D eigenvalue weighted by molar-refractivity contribution is 7.80. The van der Waals surface area contributed by atoms with E-state index in [9.17, 15) is 0 Å². The number of thiol groups is 1. The largest absolute Gasteiger partial charge is 0.171 e. The molecule has 62 valence electrons. The third-order valence-electron chi connectivity index (χ3n) is 1.96. The zero-order valence-electron chi connectivity index (χ0n) is 6.82. The van der Waals surface area contributed by atoms with Crippen LogP contribution in [-0.2, 0) is 0 Å². The van der Waals surface area contributed by atoms with Gasteiger partial charge in [-0.1, -0.05) is 18.2 Å². The van der Waals surface area contributed by atoms with Gasteiger partial charge in [-0.05, 0) is 29.3 Å². The molecule has 0 spiro atoms. The van der Waals surface area contributed by atoms with Crippen molar-refractivity contribution in [1.29, 1.82) is 0 Å². The number of rotatable bonds is 1. The number of benzene rings is 1. The molecule has 2 aromatic rings. The van der Waals surface area contributed by atoms with Crippen LogP contribution in [0.15, 0.2) is 29.6 Å². The molecule has 0 aliphatic heterocycles. The van der Waals surface area contributed by atoms with Crippen LogP contribution < -0.4 is 0 Å². The molecule has 0 fully saturated rings. The van der Waals surface area contributed by atoms with E-state index < -0.39 is 0 Å². The van der Waals surface area contributed by atoms with E-state index in [1.165, 1.54) is 15.6 Å². The summed E-state index contributed by atoms with van der Waals surface area (Å²) in [5.41, 5.74) is 1.35. The standard InChI is InChI=1S/C10H10S2/c1-7(11)9-6-12-10-5-3-2-4-8(9)10/h2-7,11H,1H3. The van der Waals surface area contributed by atoms with E-state index in [1.807, 2.05) is 0 Å². The highest BCUT2D eigenvalue weighted by Gasteiger charge is 2.06. The van der Waals surface area contributed by atoms with Crippen molar-refractivity contribution in [1.82, 2.24) is 0 Å². The van der Waals surface area contributed by atoms with Crippen molar-refractivity contribution >= 4 is 34.1 Å². The van der Waals surface area contributed by atoms with Gasteiger partial charge in [0.15, 0.2) is 0 Å². The third kappa shape index (κ3) is 1.25. The molecule has 2 heteroatoms. The van der Waals surface area contributed by atoms with Crippen molar-refractivity contribution in [3.05, 3.63) is 35.2 Å². The average Bonchev–Trinajstić information content (AvgIpc) is 2.47. The Bertz CT molecular complexity index is 387. The summed E-state index contributed by atoms with van der Waals surface area (Å²) in [5, 5.41) is 3.88. The fraction of sp³-hybridized carbons (Fsp3) is 0.200. The average molecular weight is 194 g/mol. The SMILES string of the molecule is CC(S)c1csc2ccccc12. The van der Waals surface area contributed by atoms with Crippen LogP contribution in [0.25, 0.3) is 10.1 Å². The first-order valence-corrected chi connectivity index (χ1v) is 5.33. The molecule has 0 aliphatic rings. The first-order valence-electron chi connectivity index (χ1n) is 3.93. The number of hydrogen-bond acceptors (Lipinski definition) is 2. The molecule has 0 bridgehead atoms. The molecule has 0 saturated heterocycles. The Kier molecular flexibility index (Phi) is 2.11. The van der Waals surface area contributed by atoms with Gasteiger partial charge >= 0.3 is 0 Å². The molecule has 1 heterocycles. The Morgan fingerprint density at radius 2 is 2.08 bits per heavy atom. The molecule has 12 heavy (non-hydrogen) atoms. The van der Waals surface area contributed by atoms with Crippen LogP contribution in [0.5, 0.6) is 0 Å². The molecule has 1 atom stereocenters. The summed E-state index contributed by atoms with van der Waals surface area (Å²) in [6, 6.07) is 8.47. The van der Waals surface area contributed by atoms with Crippen molar-refractivity contribution in [3.8, 4) is 0 Å². The summed E-state index contributed by atoms with van der Waals surface area (Å²) in [7, 11) is 0. The van der Waals surface area contributed by atoms with Crippen LogP contribution >= 0.6 is 24.0 Å². The second kappa shape index (κ2) is 3.11. The maximum Gasteiger partial charge on any atom is 0.0345 e. The van der Waals surface area contributed by atoms with Crippen LogP contribution in [0.2, 0.25) is 0 Å². The van der Waals surface area contributed by atoms with E-state index in [0.717, 1.165) is 0 Å². The maximum absolute atomic E-state index is 4.44. The lowest BCUT2D eigenvalue weighted by molar-refractivity contribution is 1.14. The van der Waals surface area contributed by atoms with Gasteiger partial charge < -0.3 is 0 Å². The minimum absolute atomic E-state index is 0.334. The zero-order chi connectivity index (χ0) is 8.55. The van der Waals surface area contributed by atoms with Crippen molar-refractivity contribution in [2.24, 2.45) is 0 Å². The lowest BCUT2D eigenvalue weighted by atomic mass is 10.1. The molecule has 0 saturated carbocycles. The first-order chi connectivity index (χ1) is 5.79. The van der Waals surface area contributed by atoms with E-state index in [1.54, 1.807) is 11.3 Å². The second-order valence-electron chi connectivity index (χ2n) is 2.86. The molecule has 0 amide bonds. The Morgan fingerprint density at radius 3 is 2.83 bits per heavy atom. The molecule has 0 nitrogen and oxygen atoms in total. The fourth-order valence-electron chi connectivity index (χ4n) is 1.32. The van der Waals surface area contributed by atoms with Gasteiger partial charge in [0, 0.05) is 9.95 Å². The zero-order valence-corrected chi connectivity index (χ0v) is 8.53. The molecule has 0 radical (unpaired) electrons. The quantitative estimate of drug-likeness (QED) is 0.654. The summed E-state index contributed by atoms with van der Waals surface area (Å²) in [5.74, 6) is 0. The Balaban J connectivity index is 2.70. The number of thiophene rings is 1. The summed E-state index contributed by atoms with van der Waals surface area (Å²) >= 11 is 6.23. The maximum atomic E-state index is 4.44. The molecular weight excluding hydrogens is 184 g/mol. The van der Waals surface area contributed by atoms with Crippen molar-refractivity contribution in [2.45, 2.75) is 12.2 Å². The predicted octanol–water partition coefficient (Wildman–Crippen LogP) is 3.89.